The van der Waals surface area contributed by atoms with Crippen LogP contribution in [-0.4, -0.2) is 102 Å². The van der Waals surface area contributed by atoms with Crippen LogP contribution in [-0.2, 0) is 24.0 Å². The number of nitrogens with zero attached hydrogens (tertiary/aromatic N) is 4. The molecule has 3 atom stereocenters. The van der Waals surface area contributed by atoms with Gasteiger partial charge in [0.05, 0.1) is 0 Å². The van der Waals surface area contributed by atoms with Crippen molar-refractivity contribution in [1.82, 2.24) is 30.3 Å². The van der Waals surface area contributed by atoms with Gasteiger partial charge in [-0.15, -0.1) is 11.8 Å². The summed E-state index contributed by atoms with van der Waals surface area (Å²) in [6.07, 6.45) is 6.53. The van der Waals surface area contributed by atoms with E-state index in [1.54, 1.807) is 43.6 Å². The van der Waals surface area contributed by atoms with Gasteiger partial charge in [-0.05, 0) is 41.8 Å². The van der Waals surface area contributed by atoms with Gasteiger partial charge in [-0.2, -0.15) is 0 Å². The number of carboxylic acids is 1. The van der Waals surface area contributed by atoms with Gasteiger partial charge in [-0.3, -0.25) is 34.0 Å². The number of thioether (sulfide) groups is 1. The predicted octanol–water partition coefficient (Wildman–Crippen LogP) is 0.681. The number of allylic oxidation sites excluding steroid dienone is 1. The molecule has 0 bridgehead atoms. The molecule has 5 rings (SSSR count). The van der Waals surface area contributed by atoms with Crippen molar-refractivity contribution in [2.45, 2.75) is 24.4 Å². The molecule has 2 unspecified atom stereocenters. The van der Waals surface area contributed by atoms with Crippen molar-refractivity contribution in [2.24, 2.45) is 0 Å². The van der Waals surface area contributed by atoms with E-state index in [1.165, 1.54) is 40.9 Å². The number of imide groups is 1. The van der Waals surface area contributed by atoms with Gasteiger partial charge in [0, 0.05) is 37.8 Å². The predicted molar refractivity (Wildman–Crippen MR) is 156 cm³/mol. The van der Waals surface area contributed by atoms with Crippen LogP contribution in [0.3, 0.4) is 0 Å². The number of urea groups is 1. The van der Waals surface area contributed by atoms with E-state index in [-0.39, 0.29) is 35.9 Å². The third kappa shape index (κ3) is 5.86. The van der Waals surface area contributed by atoms with Crippen molar-refractivity contribution in [1.29, 1.82) is 0 Å². The van der Waals surface area contributed by atoms with Crippen LogP contribution in [0.15, 0.2) is 66.1 Å². The number of hydrogen-bond donors (Lipinski definition) is 4. The Morgan fingerprint density at radius 3 is 2.50 bits per heavy atom. The first-order valence-electron chi connectivity index (χ1n) is 13.6. The van der Waals surface area contributed by atoms with E-state index in [0.29, 0.717) is 17.0 Å². The highest BCUT2D eigenvalue weighted by molar-refractivity contribution is 8.00. The Kier molecular flexibility index (Phi) is 8.66. The molecule has 1 aromatic carbocycles. The lowest BCUT2D eigenvalue weighted by Crippen LogP contribution is -2.71. The number of hydrogen-bond acceptors (Lipinski definition) is 9. The second kappa shape index (κ2) is 12.6. The normalized spacial score (nSPS) is 20.8. The number of piperazine rings is 1. The standard InChI is InChI=1S/C29H28N6O8S/c1-2-33-12-13-34(26(40)25(33)39)29(43)32-20(17-7-9-19(36)10-8-17)23(37)31-21-24(38)35-22(28(41)42)18(15-44-27(21)35)6-5-16-4-3-11-30-14-16/h3-11,14,20-21,27,36H,2,12-13,15H2,1H3,(H,31,37)(H,32,43)(H,41,42)/t20?,21?,27-/m0/s1. The van der Waals surface area contributed by atoms with Crippen molar-refractivity contribution in [3.8, 4) is 5.75 Å². The molecule has 2 saturated heterocycles. The number of amides is 6. The summed E-state index contributed by atoms with van der Waals surface area (Å²) in [5, 5.41) is 24.0. The molecule has 0 spiro atoms. The third-order valence-corrected chi connectivity index (χ3v) is 8.65. The molecular formula is C29H28N6O8S. The largest absolute Gasteiger partial charge is 0.508 e. The summed E-state index contributed by atoms with van der Waals surface area (Å²) < 4.78 is 0. The first kappa shape index (κ1) is 30.3. The first-order chi connectivity index (χ1) is 21.1. The number of carboxylic acid groups (broad SMARTS) is 1. The Bertz CT molecular complexity index is 1580. The van der Waals surface area contributed by atoms with Crippen LogP contribution in [0, 0.1) is 0 Å². The number of benzene rings is 1. The molecule has 3 aliphatic heterocycles. The summed E-state index contributed by atoms with van der Waals surface area (Å²) in [5.74, 6) is -4.48. The zero-order valence-corrected chi connectivity index (χ0v) is 24.2. The molecule has 0 radical (unpaired) electrons. The number of carbonyl (C=O) groups is 6. The van der Waals surface area contributed by atoms with Gasteiger partial charge in [0.1, 0.15) is 28.9 Å². The highest BCUT2D eigenvalue weighted by Crippen LogP contribution is 2.41. The van der Waals surface area contributed by atoms with Gasteiger partial charge >= 0.3 is 23.8 Å². The van der Waals surface area contributed by atoms with Crippen LogP contribution >= 0.6 is 11.8 Å². The Hall–Kier alpha value is -5.18. The minimum absolute atomic E-state index is 0.0786. The fraction of sp³-hybridized carbons (Fsp3) is 0.276. The lowest BCUT2D eigenvalue weighted by atomic mass is 10.0. The summed E-state index contributed by atoms with van der Waals surface area (Å²) in [6.45, 7) is 2.06. The van der Waals surface area contributed by atoms with Crippen LogP contribution in [0.25, 0.3) is 6.08 Å². The number of likely N-dealkylation sites (N-methyl/N-ethyl adjacent to an activating group) is 1. The van der Waals surface area contributed by atoms with Crippen LogP contribution in [0.4, 0.5) is 4.79 Å². The van der Waals surface area contributed by atoms with Crippen LogP contribution in [0.2, 0.25) is 0 Å². The molecule has 44 heavy (non-hydrogen) atoms. The zero-order valence-electron chi connectivity index (χ0n) is 23.4. The Morgan fingerprint density at radius 2 is 1.84 bits per heavy atom. The van der Waals surface area contributed by atoms with E-state index < -0.39 is 53.1 Å². The number of aromatic nitrogens is 1. The van der Waals surface area contributed by atoms with Gasteiger partial charge in [0.25, 0.3) is 5.91 Å². The van der Waals surface area contributed by atoms with E-state index in [9.17, 15) is 39.0 Å². The topological polar surface area (TPSA) is 190 Å². The van der Waals surface area contributed by atoms with Crippen molar-refractivity contribution >= 4 is 53.5 Å². The quantitative estimate of drug-likeness (QED) is 0.241. The maximum Gasteiger partial charge on any atom is 0.352 e. The van der Waals surface area contributed by atoms with Crippen LogP contribution in [0.5, 0.6) is 5.75 Å². The molecule has 0 saturated carbocycles. The van der Waals surface area contributed by atoms with Crippen LogP contribution in [0.1, 0.15) is 24.1 Å². The van der Waals surface area contributed by atoms with Gasteiger partial charge < -0.3 is 25.7 Å². The third-order valence-electron chi connectivity index (χ3n) is 7.35. The van der Waals surface area contributed by atoms with Gasteiger partial charge in [0.15, 0.2) is 0 Å². The average molecular weight is 621 g/mol. The lowest BCUT2D eigenvalue weighted by molar-refractivity contribution is -0.153. The zero-order chi connectivity index (χ0) is 31.5. The number of aromatic hydroxyl groups is 1. The maximum absolute atomic E-state index is 13.6. The van der Waals surface area contributed by atoms with E-state index >= 15 is 0 Å². The number of phenolic OH excluding ortho intramolecular Hbond substituents is 1. The SMILES string of the molecule is CCN1CCN(C(=O)NC(C(=O)NC2C(=O)N3C(C(=O)O)=C(C=Cc4cccnc4)CS[C@@H]23)c2ccc(O)cc2)C(=O)C1=O. The van der Waals surface area contributed by atoms with Crippen molar-refractivity contribution in [2.75, 3.05) is 25.4 Å². The Morgan fingerprint density at radius 1 is 1.09 bits per heavy atom. The van der Waals surface area contributed by atoms with Crippen LogP contribution < -0.4 is 10.6 Å². The molecule has 14 nitrogen and oxygen atoms in total. The lowest BCUT2D eigenvalue weighted by Gasteiger charge is -2.49. The van der Waals surface area contributed by atoms with E-state index in [1.807, 2.05) is 0 Å². The Labute approximate surface area is 255 Å². The fourth-order valence-corrected chi connectivity index (χ4v) is 6.34. The van der Waals surface area contributed by atoms with Gasteiger partial charge in [-0.25, -0.2) is 9.59 Å². The molecule has 0 aliphatic carbocycles. The minimum atomic E-state index is -1.42. The molecule has 4 heterocycles. The number of nitrogens with one attached hydrogen (secondary N) is 2. The maximum atomic E-state index is 13.6. The highest BCUT2D eigenvalue weighted by atomic mass is 32.2. The number of aliphatic carboxylic acids is 1. The summed E-state index contributed by atoms with van der Waals surface area (Å²) >= 11 is 1.27. The number of rotatable bonds is 8. The minimum Gasteiger partial charge on any atom is -0.508 e. The molecule has 4 N–H and O–H groups in total. The number of fused-ring (bicyclic) bond motifs is 1. The number of β-lactam (4-membered cyclic amide) rings is 1. The first-order valence-corrected chi connectivity index (χ1v) is 14.6. The molecule has 15 heteroatoms. The van der Waals surface area contributed by atoms with Gasteiger partial charge in [0.2, 0.25) is 5.91 Å². The summed E-state index contributed by atoms with van der Waals surface area (Å²) in [6, 6.07) is 5.41. The number of phenols is 1. The molecule has 228 valence electrons. The molecule has 3 aliphatic rings. The smallest absolute Gasteiger partial charge is 0.352 e. The summed E-state index contributed by atoms with van der Waals surface area (Å²) in [7, 11) is 0. The summed E-state index contributed by atoms with van der Waals surface area (Å²) in [4.78, 5) is 84.2. The van der Waals surface area contributed by atoms with E-state index in [2.05, 4.69) is 15.6 Å². The summed E-state index contributed by atoms with van der Waals surface area (Å²) in [5.41, 5.74) is 1.20. The number of carbonyl (C=O) groups excluding carboxylic acids is 5. The molecule has 2 fully saturated rings. The molecule has 1 aromatic heterocycles. The highest BCUT2D eigenvalue weighted by Gasteiger charge is 2.54. The van der Waals surface area contributed by atoms with E-state index in [4.69, 9.17) is 0 Å². The fourth-order valence-electron chi connectivity index (χ4n) is 5.02. The second-order valence-electron chi connectivity index (χ2n) is 10.0. The van der Waals surface area contributed by atoms with E-state index in [0.717, 1.165) is 10.5 Å². The molecule has 2 aromatic rings. The molecule has 6 amide bonds. The molecular weight excluding hydrogens is 592 g/mol. The number of pyridine rings is 1. The van der Waals surface area contributed by atoms with Gasteiger partial charge in [-0.1, -0.05) is 30.4 Å². The van der Waals surface area contributed by atoms with Crippen molar-refractivity contribution in [3.63, 3.8) is 0 Å². The monoisotopic (exact) mass is 620 g/mol. The van der Waals surface area contributed by atoms with Crippen molar-refractivity contribution < 1.29 is 39.0 Å². The Balaban J connectivity index is 1.33. The van der Waals surface area contributed by atoms with Crippen molar-refractivity contribution in [3.05, 3.63) is 77.3 Å². The second-order valence-corrected chi connectivity index (χ2v) is 11.1. The average Bonchev–Trinajstić information content (AvgIpc) is 3.02.